The number of esters is 3. The number of unbranched alkanes of at least 4 members (excludes halogenated alkanes) is 1. The van der Waals surface area contributed by atoms with Crippen molar-refractivity contribution >= 4 is 17.9 Å². The molecule has 0 radical (unpaired) electrons. The Kier molecular flexibility index (Phi) is 16.6. The first kappa shape index (κ1) is 36.8. The highest BCUT2D eigenvalue weighted by atomic mass is 16.6. The van der Waals surface area contributed by atoms with Crippen LogP contribution in [0, 0.1) is 5.92 Å². The minimum atomic E-state index is -0.470. The van der Waals surface area contributed by atoms with Gasteiger partial charge < -0.3 is 33.2 Å². The summed E-state index contributed by atoms with van der Waals surface area (Å²) in [5.41, 5.74) is 2.37. The minimum Gasteiger partial charge on any atom is -0.494 e. The maximum atomic E-state index is 12.7. The molecule has 0 aliphatic carbocycles. The van der Waals surface area contributed by atoms with Crippen molar-refractivity contribution in [2.75, 3.05) is 52.9 Å². The van der Waals surface area contributed by atoms with Crippen LogP contribution in [-0.4, -0.2) is 70.8 Å². The molecule has 0 aliphatic rings. The van der Waals surface area contributed by atoms with Crippen LogP contribution in [0.4, 0.5) is 0 Å². The molecule has 0 aromatic heterocycles. The second-order valence-corrected chi connectivity index (χ2v) is 10.4. The molecule has 0 saturated heterocycles. The van der Waals surface area contributed by atoms with Crippen LogP contribution >= 0.6 is 0 Å². The number of benzene rings is 3. The molecule has 0 spiro atoms. The summed E-state index contributed by atoms with van der Waals surface area (Å²) in [4.78, 5) is 35.3. The average molecular weight is 649 g/mol. The molecule has 47 heavy (non-hydrogen) atoms. The van der Waals surface area contributed by atoms with E-state index >= 15 is 0 Å². The van der Waals surface area contributed by atoms with Gasteiger partial charge in [-0.15, -0.1) is 0 Å². The van der Waals surface area contributed by atoms with Gasteiger partial charge in [0.1, 0.15) is 30.5 Å². The molecular formula is C37H44O10. The Morgan fingerprint density at radius 3 is 1.74 bits per heavy atom. The largest absolute Gasteiger partial charge is 0.494 e. The summed E-state index contributed by atoms with van der Waals surface area (Å²) in [5.74, 6) is 0.606. The van der Waals surface area contributed by atoms with Gasteiger partial charge in [-0.25, -0.2) is 9.59 Å². The quantitative estimate of drug-likeness (QED) is 0.0520. The van der Waals surface area contributed by atoms with Crippen LogP contribution in [-0.2, 0) is 28.5 Å². The Morgan fingerprint density at radius 2 is 1.15 bits per heavy atom. The van der Waals surface area contributed by atoms with Crippen molar-refractivity contribution in [2.24, 2.45) is 5.92 Å². The molecule has 10 nitrogen and oxygen atoms in total. The van der Waals surface area contributed by atoms with E-state index in [1.807, 2.05) is 50.2 Å². The zero-order chi connectivity index (χ0) is 33.7. The van der Waals surface area contributed by atoms with Crippen molar-refractivity contribution in [2.45, 2.75) is 33.1 Å². The fourth-order valence-corrected chi connectivity index (χ4v) is 3.99. The van der Waals surface area contributed by atoms with E-state index in [0.717, 1.165) is 35.8 Å². The minimum absolute atomic E-state index is 0.0988. The highest BCUT2D eigenvalue weighted by Gasteiger charge is 2.12. The number of hydrogen-bond donors (Lipinski definition) is 0. The predicted molar refractivity (Wildman–Crippen MR) is 177 cm³/mol. The zero-order valence-corrected chi connectivity index (χ0v) is 27.2. The summed E-state index contributed by atoms with van der Waals surface area (Å²) >= 11 is 0. The maximum Gasteiger partial charge on any atom is 0.343 e. The van der Waals surface area contributed by atoms with Crippen LogP contribution in [0.5, 0.6) is 17.2 Å². The fourth-order valence-electron chi connectivity index (χ4n) is 3.99. The first-order valence-corrected chi connectivity index (χ1v) is 15.8. The Labute approximate surface area is 276 Å². The van der Waals surface area contributed by atoms with E-state index in [4.69, 9.17) is 33.2 Å². The smallest absolute Gasteiger partial charge is 0.343 e. The van der Waals surface area contributed by atoms with E-state index in [-0.39, 0.29) is 18.5 Å². The summed E-state index contributed by atoms with van der Waals surface area (Å²) in [7, 11) is 0. The SMILES string of the molecule is C=CC(=O)OCCCCOc1ccc(-c2ccc(OC(=O)c3ccc(OCCOCCOCCOC(=O)C(C)CC)cc3)cc2)cc1. The van der Waals surface area contributed by atoms with Crippen LogP contribution in [0.1, 0.15) is 43.5 Å². The van der Waals surface area contributed by atoms with E-state index in [1.54, 1.807) is 36.4 Å². The Hall–Kier alpha value is -4.67. The Bertz CT molecular complexity index is 1370. The molecule has 3 aromatic carbocycles. The molecule has 0 bridgehead atoms. The Morgan fingerprint density at radius 1 is 0.638 bits per heavy atom. The van der Waals surface area contributed by atoms with Gasteiger partial charge in [0.15, 0.2) is 0 Å². The third-order valence-electron chi connectivity index (χ3n) is 6.92. The molecular weight excluding hydrogens is 604 g/mol. The molecule has 0 amide bonds. The highest BCUT2D eigenvalue weighted by molar-refractivity contribution is 5.91. The van der Waals surface area contributed by atoms with Crippen molar-refractivity contribution in [1.29, 1.82) is 0 Å². The topological polar surface area (TPSA) is 116 Å². The van der Waals surface area contributed by atoms with E-state index in [9.17, 15) is 14.4 Å². The molecule has 0 fully saturated rings. The van der Waals surface area contributed by atoms with Crippen LogP contribution in [0.2, 0.25) is 0 Å². The van der Waals surface area contributed by atoms with Crippen molar-refractivity contribution in [3.63, 3.8) is 0 Å². The monoisotopic (exact) mass is 648 g/mol. The lowest BCUT2D eigenvalue weighted by Crippen LogP contribution is -2.18. The molecule has 0 heterocycles. The number of carbonyl (C=O) groups is 3. The van der Waals surface area contributed by atoms with Crippen molar-refractivity contribution < 1.29 is 47.5 Å². The van der Waals surface area contributed by atoms with Gasteiger partial charge in [-0.1, -0.05) is 44.7 Å². The van der Waals surface area contributed by atoms with Crippen LogP contribution in [0.3, 0.4) is 0 Å². The summed E-state index contributed by atoms with van der Waals surface area (Å²) in [6.45, 7) is 10.1. The number of rotatable bonds is 22. The number of ether oxygens (including phenoxy) is 7. The van der Waals surface area contributed by atoms with Gasteiger partial charge in [0.2, 0.25) is 0 Å². The molecule has 0 aliphatic heterocycles. The van der Waals surface area contributed by atoms with Crippen molar-refractivity contribution in [1.82, 2.24) is 0 Å². The van der Waals surface area contributed by atoms with Crippen LogP contribution < -0.4 is 14.2 Å². The molecule has 1 unspecified atom stereocenters. The Balaban J connectivity index is 1.29. The number of hydrogen-bond acceptors (Lipinski definition) is 10. The zero-order valence-electron chi connectivity index (χ0n) is 27.2. The van der Waals surface area contributed by atoms with Gasteiger partial charge in [0, 0.05) is 6.08 Å². The van der Waals surface area contributed by atoms with Gasteiger partial charge >= 0.3 is 17.9 Å². The average Bonchev–Trinajstić information content (AvgIpc) is 3.10. The van der Waals surface area contributed by atoms with Crippen molar-refractivity contribution in [3.05, 3.63) is 91.0 Å². The maximum absolute atomic E-state index is 12.7. The van der Waals surface area contributed by atoms with Crippen molar-refractivity contribution in [3.8, 4) is 28.4 Å². The second-order valence-electron chi connectivity index (χ2n) is 10.4. The molecule has 3 rings (SSSR count). The lowest BCUT2D eigenvalue weighted by atomic mass is 10.1. The number of carbonyl (C=O) groups excluding carboxylic acids is 3. The molecule has 3 aromatic rings. The third-order valence-corrected chi connectivity index (χ3v) is 6.92. The summed E-state index contributed by atoms with van der Waals surface area (Å²) in [6, 6.07) is 21.7. The molecule has 0 saturated carbocycles. The van der Waals surface area contributed by atoms with E-state index in [1.165, 1.54) is 0 Å². The van der Waals surface area contributed by atoms with Gasteiger partial charge in [-0.3, -0.25) is 4.79 Å². The highest BCUT2D eigenvalue weighted by Crippen LogP contribution is 2.25. The van der Waals surface area contributed by atoms with Crippen LogP contribution in [0.15, 0.2) is 85.5 Å². The summed E-state index contributed by atoms with van der Waals surface area (Å²) in [5, 5.41) is 0. The molecule has 0 N–H and O–H groups in total. The van der Waals surface area contributed by atoms with Gasteiger partial charge in [-0.05, 0) is 78.9 Å². The summed E-state index contributed by atoms with van der Waals surface area (Å²) < 4.78 is 37.9. The van der Waals surface area contributed by atoms with E-state index < -0.39 is 11.9 Å². The van der Waals surface area contributed by atoms with E-state index in [2.05, 4.69) is 6.58 Å². The predicted octanol–water partition coefficient (Wildman–Crippen LogP) is 6.46. The lowest BCUT2D eigenvalue weighted by molar-refractivity contribution is -0.149. The molecule has 1 atom stereocenters. The third kappa shape index (κ3) is 14.1. The summed E-state index contributed by atoms with van der Waals surface area (Å²) in [6.07, 6.45) is 3.38. The second kappa shape index (κ2) is 21.2. The standard InChI is InChI=1S/C37H44O10/c1-4-28(3)36(39)46-27-25-42-23-22-41-24-26-44-33-16-12-31(13-17-33)37(40)47-34-18-10-30(11-19-34)29-8-14-32(15-9-29)43-20-6-7-21-45-35(38)5-2/h5,8-19,28H,2,4,6-7,20-27H2,1,3H3. The normalized spacial score (nSPS) is 11.3. The first-order valence-electron chi connectivity index (χ1n) is 15.8. The van der Waals surface area contributed by atoms with Gasteiger partial charge in [-0.2, -0.15) is 0 Å². The first-order chi connectivity index (χ1) is 22.9. The molecule has 252 valence electrons. The molecule has 10 heteroatoms. The van der Waals surface area contributed by atoms with Crippen LogP contribution in [0.25, 0.3) is 11.1 Å². The lowest BCUT2D eigenvalue weighted by Gasteiger charge is -2.10. The van der Waals surface area contributed by atoms with Gasteiger partial charge in [0.05, 0.1) is 51.1 Å². The fraction of sp³-hybridized carbons (Fsp3) is 0.378. The van der Waals surface area contributed by atoms with Gasteiger partial charge in [0.25, 0.3) is 0 Å². The van der Waals surface area contributed by atoms with E-state index in [0.29, 0.717) is 69.7 Å².